The number of hydrogen-bond acceptors (Lipinski definition) is 3. The number of pyridine rings is 1. The number of rotatable bonds is 6. The molecule has 0 aliphatic rings. The lowest BCUT2D eigenvalue weighted by atomic mass is 10.1. The molecule has 0 aliphatic carbocycles. The molecule has 1 aromatic rings. The second-order valence-electron chi connectivity index (χ2n) is 4.08. The third-order valence-corrected chi connectivity index (χ3v) is 2.57. The van der Waals surface area contributed by atoms with Crippen molar-refractivity contribution < 1.29 is 14.7 Å². The minimum absolute atomic E-state index is 0.262. The van der Waals surface area contributed by atoms with Gasteiger partial charge in [-0.1, -0.05) is 6.92 Å². The fraction of sp³-hybridized carbons (Fsp3) is 0.417. The average Bonchev–Trinajstić information content (AvgIpc) is 2.34. The summed E-state index contributed by atoms with van der Waals surface area (Å²) in [5.74, 6) is -1.52. The van der Waals surface area contributed by atoms with E-state index < -0.39 is 11.9 Å². The largest absolute Gasteiger partial charge is 0.481 e. The minimum Gasteiger partial charge on any atom is -0.481 e. The van der Waals surface area contributed by atoms with Crippen molar-refractivity contribution in [2.75, 3.05) is 6.54 Å². The van der Waals surface area contributed by atoms with Crippen LogP contribution in [0.25, 0.3) is 0 Å². The normalized spacial score (nSPS) is 11.8. The van der Waals surface area contributed by atoms with Crippen molar-refractivity contribution in [1.82, 2.24) is 10.3 Å². The van der Waals surface area contributed by atoms with Crippen molar-refractivity contribution in [2.24, 2.45) is 5.92 Å². The summed E-state index contributed by atoms with van der Waals surface area (Å²) in [6, 6.07) is 2.72. The molecule has 0 radical (unpaired) electrons. The number of carboxylic acid groups (broad SMARTS) is 1. The van der Waals surface area contributed by atoms with Gasteiger partial charge in [0.15, 0.2) is 0 Å². The zero-order chi connectivity index (χ0) is 13.5. The molecule has 18 heavy (non-hydrogen) atoms. The zero-order valence-corrected chi connectivity index (χ0v) is 10.1. The molecule has 6 nitrogen and oxygen atoms in total. The Hall–Kier alpha value is -2.11. The van der Waals surface area contributed by atoms with Gasteiger partial charge in [-0.3, -0.25) is 14.4 Å². The summed E-state index contributed by atoms with van der Waals surface area (Å²) >= 11 is 0. The first-order valence-electron chi connectivity index (χ1n) is 5.70. The highest BCUT2D eigenvalue weighted by molar-refractivity contribution is 5.93. The van der Waals surface area contributed by atoms with E-state index in [9.17, 15) is 14.4 Å². The van der Waals surface area contributed by atoms with Gasteiger partial charge in [0, 0.05) is 18.8 Å². The van der Waals surface area contributed by atoms with E-state index in [-0.39, 0.29) is 11.5 Å². The van der Waals surface area contributed by atoms with E-state index in [1.165, 1.54) is 18.3 Å². The summed E-state index contributed by atoms with van der Waals surface area (Å²) in [6.45, 7) is 2.04. The molecule has 1 rings (SSSR count). The monoisotopic (exact) mass is 252 g/mol. The molecule has 3 N–H and O–H groups in total. The van der Waals surface area contributed by atoms with Gasteiger partial charge >= 0.3 is 5.97 Å². The minimum atomic E-state index is -0.832. The number of nitrogens with one attached hydrogen (secondary N) is 2. The van der Waals surface area contributed by atoms with Crippen LogP contribution in [-0.2, 0) is 4.79 Å². The SMILES string of the molecule is CC(CCCNC(=O)c1ccc(=O)[nH]c1)C(=O)O. The van der Waals surface area contributed by atoms with Crippen molar-refractivity contribution in [1.29, 1.82) is 0 Å². The molecule has 98 valence electrons. The molecule has 1 aromatic heterocycles. The number of aromatic nitrogens is 1. The van der Waals surface area contributed by atoms with Crippen molar-refractivity contribution in [3.8, 4) is 0 Å². The van der Waals surface area contributed by atoms with Crippen LogP contribution >= 0.6 is 0 Å². The molecular weight excluding hydrogens is 236 g/mol. The van der Waals surface area contributed by atoms with E-state index in [0.717, 1.165) is 0 Å². The van der Waals surface area contributed by atoms with E-state index in [4.69, 9.17) is 5.11 Å². The summed E-state index contributed by atoms with van der Waals surface area (Å²) < 4.78 is 0. The maximum atomic E-state index is 11.6. The van der Waals surface area contributed by atoms with Gasteiger partial charge in [-0.05, 0) is 18.9 Å². The van der Waals surface area contributed by atoms with Crippen LogP contribution in [0, 0.1) is 5.92 Å². The molecule has 0 fully saturated rings. The Kier molecular flexibility index (Phi) is 5.10. The first-order chi connectivity index (χ1) is 8.50. The van der Waals surface area contributed by atoms with E-state index in [2.05, 4.69) is 10.3 Å². The molecule has 0 aliphatic heterocycles. The number of hydrogen-bond donors (Lipinski definition) is 3. The van der Waals surface area contributed by atoms with Gasteiger partial charge in [-0.25, -0.2) is 0 Å². The first kappa shape index (κ1) is 14.0. The van der Waals surface area contributed by atoms with Crippen molar-refractivity contribution in [3.05, 3.63) is 34.2 Å². The number of carbonyl (C=O) groups is 2. The third kappa shape index (κ3) is 4.40. The second-order valence-corrected chi connectivity index (χ2v) is 4.08. The van der Waals surface area contributed by atoms with Crippen LogP contribution in [0.5, 0.6) is 0 Å². The van der Waals surface area contributed by atoms with Crippen LogP contribution in [0.3, 0.4) is 0 Å². The van der Waals surface area contributed by atoms with Gasteiger partial charge in [0.1, 0.15) is 0 Å². The fourth-order valence-electron chi connectivity index (χ4n) is 1.39. The zero-order valence-electron chi connectivity index (χ0n) is 10.1. The number of aliphatic carboxylic acids is 1. The van der Waals surface area contributed by atoms with Crippen LogP contribution in [0.2, 0.25) is 0 Å². The fourth-order valence-corrected chi connectivity index (χ4v) is 1.39. The predicted octanol–water partition coefficient (Wildman–Crippen LogP) is 0.606. The number of aromatic amines is 1. The van der Waals surface area contributed by atoms with Crippen molar-refractivity contribution in [2.45, 2.75) is 19.8 Å². The van der Waals surface area contributed by atoms with Crippen molar-refractivity contribution >= 4 is 11.9 Å². The van der Waals surface area contributed by atoms with Crippen LogP contribution in [-0.4, -0.2) is 28.5 Å². The van der Waals surface area contributed by atoms with Gasteiger partial charge in [0.2, 0.25) is 5.56 Å². The Morgan fingerprint density at radius 1 is 1.44 bits per heavy atom. The number of carboxylic acids is 1. The van der Waals surface area contributed by atoms with Crippen LogP contribution in [0.15, 0.2) is 23.1 Å². The summed E-state index contributed by atoms with van der Waals surface area (Å²) in [6.07, 6.45) is 2.46. The maximum Gasteiger partial charge on any atom is 0.306 e. The van der Waals surface area contributed by atoms with Gasteiger partial charge in [-0.15, -0.1) is 0 Å². The molecule has 6 heteroatoms. The summed E-state index contributed by atoms with van der Waals surface area (Å²) in [5.41, 5.74) is 0.114. The Labute approximate surface area is 104 Å². The predicted molar refractivity (Wildman–Crippen MR) is 65.4 cm³/mol. The average molecular weight is 252 g/mol. The highest BCUT2D eigenvalue weighted by atomic mass is 16.4. The highest BCUT2D eigenvalue weighted by Crippen LogP contribution is 2.04. The second kappa shape index (κ2) is 6.58. The molecule has 0 spiro atoms. The summed E-state index contributed by atoms with van der Waals surface area (Å²) in [5, 5.41) is 11.3. The van der Waals surface area contributed by atoms with Crippen LogP contribution in [0.1, 0.15) is 30.1 Å². The molecule has 0 saturated carbocycles. The summed E-state index contributed by atoms with van der Waals surface area (Å²) in [7, 11) is 0. The Morgan fingerprint density at radius 2 is 2.17 bits per heavy atom. The molecule has 1 atom stereocenters. The molecule has 1 amide bonds. The van der Waals surface area contributed by atoms with Crippen LogP contribution < -0.4 is 10.9 Å². The van der Waals surface area contributed by atoms with Gasteiger partial charge in [-0.2, -0.15) is 0 Å². The quantitative estimate of drug-likeness (QED) is 0.646. The van der Waals surface area contributed by atoms with Gasteiger partial charge in [0.25, 0.3) is 5.91 Å². The Morgan fingerprint density at radius 3 is 2.72 bits per heavy atom. The van der Waals surface area contributed by atoms with Crippen LogP contribution in [0.4, 0.5) is 0 Å². The third-order valence-electron chi connectivity index (χ3n) is 2.57. The lowest BCUT2D eigenvalue weighted by molar-refractivity contribution is -0.141. The molecule has 0 saturated heterocycles. The summed E-state index contributed by atoms with van der Waals surface area (Å²) in [4.78, 5) is 35.4. The van der Waals surface area contributed by atoms with E-state index >= 15 is 0 Å². The number of H-pyrrole nitrogens is 1. The maximum absolute atomic E-state index is 11.6. The molecule has 1 heterocycles. The van der Waals surface area contributed by atoms with E-state index in [1.54, 1.807) is 6.92 Å². The lowest BCUT2D eigenvalue weighted by Crippen LogP contribution is -2.25. The first-order valence-corrected chi connectivity index (χ1v) is 5.70. The topological polar surface area (TPSA) is 99.3 Å². The molecule has 0 aromatic carbocycles. The van der Waals surface area contributed by atoms with Gasteiger partial charge < -0.3 is 15.4 Å². The highest BCUT2D eigenvalue weighted by Gasteiger charge is 2.10. The molecule has 1 unspecified atom stereocenters. The lowest BCUT2D eigenvalue weighted by Gasteiger charge is -2.07. The Balaban J connectivity index is 2.32. The van der Waals surface area contributed by atoms with E-state index in [0.29, 0.717) is 24.9 Å². The molecule has 0 bridgehead atoms. The van der Waals surface area contributed by atoms with E-state index in [1.807, 2.05) is 0 Å². The number of carbonyl (C=O) groups excluding carboxylic acids is 1. The standard InChI is InChI=1S/C12H16N2O4/c1-8(12(17)18)3-2-6-13-11(16)9-4-5-10(15)14-7-9/h4-5,7-8H,2-3,6H2,1H3,(H,13,16)(H,14,15)(H,17,18). The van der Waals surface area contributed by atoms with Crippen molar-refractivity contribution in [3.63, 3.8) is 0 Å². The van der Waals surface area contributed by atoms with Gasteiger partial charge in [0.05, 0.1) is 11.5 Å². The Bertz CT molecular complexity index is 461. The smallest absolute Gasteiger partial charge is 0.306 e. The molecular formula is C12H16N2O4. The number of amides is 1.